The summed E-state index contributed by atoms with van der Waals surface area (Å²) in [4.78, 5) is 28.9. The summed E-state index contributed by atoms with van der Waals surface area (Å²) < 4.78 is 6.39. The lowest BCUT2D eigenvalue weighted by Gasteiger charge is -2.06. The van der Waals surface area contributed by atoms with E-state index in [1.54, 1.807) is 22.8 Å². The van der Waals surface area contributed by atoms with Gasteiger partial charge in [-0.3, -0.25) is 9.36 Å². The first-order chi connectivity index (χ1) is 10.7. The van der Waals surface area contributed by atoms with Crippen LogP contribution in [0.5, 0.6) is 0 Å². The van der Waals surface area contributed by atoms with Gasteiger partial charge in [-0.25, -0.2) is 9.78 Å². The summed E-state index contributed by atoms with van der Waals surface area (Å²) in [7, 11) is 1.33. The molecule has 1 aliphatic heterocycles. The number of carbonyl (C=O) groups is 1. The van der Waals surface area contributed by atoms with E-state index in [1.807, 2.05) is 24.3 Å². The minimum absolute atomic E-state index is 0.0902. The van der Waals surface area contributed by atoms with E-state index in [-0.39, 0.29) is 5.56 Å². The van der Waals surface area contributed by atoms with Gasteiger partial charge in [0.1, 0.15) is 5.82 Å². The molecule has 1 aromatic heterocycles. The SMILES string of the molecule is COC(=O)c1ccc2c(=O)n3c(nc2c1)-c1ccccc1C3. The van der Waals surface area contributed by atoms with Crippen LogP contribution in [0.25, 0.3) is 22.3 Å². The summed E-state index contributed by atoms with van der Waals surface area (Å²) >= 11 is 0. The molecule has 0 bridgehead atoms. The second-order valence-corrected chi connectivity index (χ2v) is 5.21. The Kier molecular flexibility index (Phi) is 2.63. The Balaban J connectivity index is 2.02. The quantitative estimate of drug-likeness (QED) is 0.505. The molecule has 2 aromatic carbocycles. The van der Waals surface area contributed by atoms with Crippen molar-refractivity contribution >= 4 is 16.9 Å². The number of hydrogen-bond donors (Lipinski definition) is 0. The predicted octanol–water partition coefficient (Wildman–Crippen LogP) is 2.21. The van der Waals surface area contributed by atoms with Crippen LogP contribution in [0.15, 0.2) is 47.3 Å². The second kappa shape index (κ2) is 4.53. The maximum absolute atomic E-state index is 12.6. The van der Waals surface area contributed by atoms with Crippen molar-refractivity contribution in [3.63, 3.8) is 0 Å². The van der Waals surface area contributed by atoms with Gasteiger partial charge in [-0.2, -0.15) is 0 Å². The summed E-state index contributed by atoms with van der Waals surface area (Å²) in [6.45, 7) is 0.534. The highest BCUT2D eigenvalue weighted by molar-refractivity contribution is 5.94. The molecule has 5 nitrogen and oxygen atoms in total. The Labute approximate surface area is 125 Å². The highest BCUT2D eigenvalue weighted by atomic mass is 16.5. The number of methoxy groups -OCH3 is 1. The molecule has 5 heteroatoms. The molecule has 4 rings (SSSR count). The molecule has 0 spiro atoms. The number of ether oxygens (including phenoxy) is 1. The minimum atomic E-state index is -0.440. The van der Waals surface area contributed by atoms with Crippen LogP contribution in [-0.2, 0) is 11.3 Å². The van der Waals surface area contributed by atoms with E-state index in [2.05, 4.69) is 4.98 Å². The van der Waals surface area contributed by atoms with E-state index in [0.29, 0.717) is 28.8 Å². The topological polar surface area (TPSA) is 61.2 Å². The zero-order valence-electron chi connectivity index (χ0n) is 11.9. The zero-order chi connectivity index (χ0) is 15.3. The van der Waals surface area contributed by atoms with Crippen molar-refractivity contribution in [3.8, 4) is 11.4 Å². The van der Waals surface area contributed by atoms with Gasteiger partial charge >= 0.3 is 5.97 Å². The van der Waals surface area contributed by atoms with Crippen molar-refractivity contribution in [2.45, 2.75) is 6.54 Å². The van der Waals surface area contributed by atoms with Crippen LogP contribution in [0.3, 0.4) is 0 Å². The Morgan fingerprint density at radius 2 is 2.05 bits per heavy atom. The first-order valence-corrected chi connectivity index (χ1v) is 6.90. The fourth-order valence-corrected chi connectivity index (χ4v) is 2.86. The van der Waals surface area contributed by atoms with E-state index >= 15 is 0 Å². The van der Waals surface area contributed by atoms with Gasteiger partial charge in [0, 0.05) is 5.56 Å². The van der Waals surface area contributed by atoms with Gasteiger partial charge in [-0.15, -0.1) is 0 Å². The smallest absolute Gasteiger partial charge is 0.337 e. The molecule has 0 radical (unpaired) electrons. The number of hydrogen-bond acceptors (Lipinski definition) is 4. The molecule has 22 heavy (non-hydrogen) atoms. The van der Waals surface area contributed by atoms with Gasteiger partial charge in [-0.05, 0) is 23.8 Å². The number of fused-ring (bicyclic) bond motifs is 4. The molecule has 0 aliphatic carbocycles. The largest absolute Gasteiger partial charge is 0.465 e. The van der Waals surface area contributed by atoms with Crippen LogP contribution >= 0.6 is 0 Å². The third-order valence-corrected chi connectivity index (χ3v) is 3.96. The Morgan fingerprint density at radius 1 is 1.23 bits per heavy atom. The highest BCUT2D eigenvalue weighted by Crippen LogP contribution is 2.29. The van der Waals surface area contributed by atoms with Gasteiger partial charge in [0.2, 0.25) is 0 Å². The van der Waals surface area contributed by atoms with Gasteiger partial charge in [0.25, 0.3) is 5.56 Å². The summed E-state index contributed by atoms with van der Waals surface area (Å²) in [5.41, 5.74) is 2.85. The molecule has 0 atom stereocenters. The van der Waals surface area contributed by atoms with Gasteiger partial charge in [0.05, 0.1) is 30.1 Å². The van der Waals surface area contributed by atoms with Crippen molar-refractivity contribution in [1.29, 1.82) is 0 Å². The van der Waals surface area contributed by atoms with Crippen molar-refractivity contribution in [1.82, 2.24) is 9.55 Å². The molecule has 0 saturated heterocycles. The van der Waals surface area contributed by atoms with E-state index in [4.69, 9.17) is 4.74 Å². The number of esters is 1. The summed E-state index contributed by atoms with van der Waals surface area (Å²) in [5, 5.41) is 0.504. The van der Waals surface area contributed by atoms with E-state index in [1.165, 1.54) is 7.11 Å². The summed E-state index contributed by atoms with van der Waals surface area (Å²) in [5.74, 6) is 0.208. The van der Waals surface area contributed by atoms with E-state index < -0.39 is 5.97 Å². The maximum atomic E-state index is 12.6. The molecule has 2 heterocycles. The monoisotopic (exact) mass is 292 g/mol. The third-order valence-electron chi connectivity index (χ3n) is 3.96. The maximum Gasteiger partial charge on any atom is 0.337 e. The van der Waals surface area contributed by atoms with E-state index in [9.17, 15) is 9.59 Å². The molecule has 0 saturated carbocycles. The number of aromatic nitrogens is 2. The average Bonchev–Trinajstić information content (AvgIpc) is 2.93. The molecular weight excluding hydrogens is 280 g/mol. The summed E-state index contributed by atoms with van der Waals surface area (Å²) in [6, 6.07) is 12.6. The third kappa shape index (κ3) is 1.69. The molecule has 0 N–H and O–H groups in total. The molecule has 0 fully saturated rings. The lowest BCUT2D eigenvalue weighted by molar-refractivity contribution is 0.0601. The van der Waals surface area contributed by atoms with Crippen LogP contribution in [0.2, 0.25) is 0 Å². The fourth-order valence-electron chi connectivity index (χ4n) is 2.86. The second-order valence-electron chi connectivity index (χ2n) is 5.21. The molecule has 1 aliphatic rings. The van der Waals surface area contributed by atoms with E-state index in [0.717, 1.165) is 11.1 Å². The van der Waals surface area contributed by atoms with Crippen LogP contribution in [0, 0.1) is 0 Å². The first-order valence-electron chi connectivity index (χ1n) is 6.90. The van der Waals surface area contributed by atoms with Crippen LogP contribution < -0.4 is 5.56 Å². The van der Waals surface area contributed by atoms with Crippen molar-refractivity contribution in [2.24, 2.45) is 0 Å². The van der Waals surface area contributed by atoms with Crippen molar-refractivity contribution < 1.29 is 9.53 Å². The van der Waals surface area contributed by atoms with Crippen LogP contribution in [-0.4, -0.2) is 22.6 Å². The Morgan fingerprint density at radius 3 is 2.86 bits per heavy atom. The average molecular weight is 292 g/mol. The molecular formula is C17H12N2O3. The van der Waals surface area contributed by atoms with Crippen LogP contribution in [0.1, 0.15) is 15.9 Å². The van der Waals surface area contributed by atoms with Gasteiger partial charge < -0.3 is 4.74 Å². The Hall–Kier alpha value is -2.95. The normalized spacial score (nSPS) is 12.0. The first kappa shape index (κ1) is 12.8. The molecule has 3 aromatic rings. The lowest BCUT2D eigenvalue weighted by Crippen LogP contribution is -2.20. The molecule has 0 amide bonds. The van der Waals surface area contributed by atoms with Crippen molar-refractivity contribution in [3.05, 3.63) is 63.9 Å². The van der Waals surface area contributed by atoms with Gasteiger partial charge in [0.15, 0.2) is 0 Å². The number of rotatable bonds is 1. The van der Waals surface area contributed by atoms with Gasteiger partial charge in [-0.1, -0.05) is 24.3 Å². The van der Waals surface area contributed by atoms with Crippen molar-refractivity contribution in [2.75, 3.05) is 7.11 Å². The number of carbonyl (C=O) groups excluding carboxylic acids is 1. The summed E-state index contributed by atoms with van der Waals surface area (Å²) in [6.07, 6.45) is 0. The lowest BCUT2D eigenvalue weighted by atomic mass is 10.1. The highest BCUT2D eigenvalue weighted by Gasteiger charge is 2.22. The zero-order valence-corrected chi connectivity index (χ0v) is 11.9. The number of benzene rings is 2. The molecule has 108 valence electrons. The fraction of sp³-hybridized carbons (Fsp3) is 0.118. The minimum Gasteiger partial charge on any atom is -0.465 e. The standard InChI is InChI=1S/C17H12N2O3/c1-22-17(21)10-6-7-13-14(8-10)18-15-12-5-3-2-4-11(12)9-19(15)16(13)20/h2-8H,9H2,1H3. The predicted molar refractivity (Wildman–Crippen MR) is 81.9 cm³/mol. The van der Waals surface area contributed by atoms with Crippen LogP contribution in [0.4, 0.5) is 0 Å². The molecule has 0 unspecified atom stereocenters. The Bertz CT molecular complexity index is 989. The number of nitrogens with zero attached hydrogens (tertiary/aromatic N) is 2.